The summed E-state index contributed by atoms with van der Waals surface area (Å²) in [5, 5.41) is 1.59. The van der Waals surface area contributed by atoms with Crippen molar-refractivity contribution in [3.05, 3.63) is 130 Å². The second kappa shape index (κ2) is 11.4. The quantitative estimate of drug-likeness (QED) is 0.194. The molecule has 7 heteroatoms. The highest BCUT2D eigenvalue weighted by atomic mass is 19.1. The van der Waals surface area contributed by atoms with Crippen LogP contribution in [0.5, 0.6) is 5.75 Å². The number of fused-ring (bicyclic) bond motifs is 8. The van der Waals surface area contributed by atoms with Gasteiger partial charge in [0.05, 0.1) is 26.4 Å². The Balaban J connectivity index is 1.24. The van der Waals surface area contributed by atoms with Crippen molar-refractivity contribution < 1.29 is 23.0 Å². The average molecular weight is 657 g/mol. The largest absolute Gasteiger partial charge is 0.472 e. The SMILES string of the molecule is CC1(C)c2cc(F)ccc2-c2c1c1c(c3cc(F)ccc23)OC(c2ccc(N3CCOCC3)cc2)(c2ccc(N3CCOCC3)cc2)C=C1. The summed E-state index contributed by atoms with van der Waals surface area (Å²) in [6.45, 7) is 10.5. The Morgan fingerprint density at radius 3 is 1.78 bits per heavy atom. The van der Waals surface area contributed by atoms with E-state index < -0.39 is 11.0 Å². The Kier molecular flexibility index (Phi) is 7.08. The minimum absolute atomic E-state index is 0.268. The predicted octanol–water partition coefficient (Wildman–Crippen LogP) is 8.45. The lowest BCUT2D eigenvalue weighted by atomic mass is 9.76. The van der Waals surface area contributed by atoms with Crippen LogP contribution in [0.2, 0.25) is 0 Å². The molecular formula is C42H38F2N2O3. The summed E-state index contributed by atoms with van der Waals surface area (Å²) in [5.74, 6) is 0.0297. The molecule has 5 nitrogen and oxygen atoms in total. The molecule has 0 atom stereocenters. The molecular weight excluding hydrogens is 618 g/mol. The van der Waals surface area contributed by atoms with Crippen LogP contribution in [-0.2, 0) is 20.5 Å². The van der Waals surface area contributed by atoms with Crippen molar-refractivity contribution in [3.8, 4) is 16.9 Å². The topological polar surface area (TPSA) is 34.2 Å². The number of hydrogen-bond donors (Lipinski definition) is 0. The van der Waals surface area contributed by atoms with Crippen molar-refractivity contribution in [3.63, 3.8) is 0 Å². The van der Waals surface area contributed by atoms with Gasteiger partial charge in [-0.2, -0.15) is 0 Å². The first kappa shape index (κ1) is 30.3. The molecule has 0 aromatic heterocycles. The standard InChI is InChI=1S/C42H38F2N2O3/c1-41(2)37-26-30(44)8-14-34(37)38-33-13-7-29(43)25-36(33)40-35(39(38)41)15-16-42(49-40,27-3-9-31(10-4-27)45-17-21-47-22-18-45)28-5-11-32(12-6-28)46-19-23-48-24-20-46/h3-16,25-26H,17-24H2,1-2H3. The second-order valence-corrected chi connectivity index (χ2v) is 14.0. The lowest BCUT2D eigenvalue weighted by molar-refractivity contribution is 0.122. The first-order chi connectivity index (χ1) is 23.8. The molecule has 0 saturated carbocycles. The van der Waals surface area contributed by atoms with Crippen LogP contribution in [-0.4, -0.2) is 52.6 Å². The van der Waals surface area contributed by atoms with E-state index >= 15 is 4.39 Å². The maximum absolute atomic E-state index is 15.2. The van der Waals surface area contributed by atoms with Crippen molar-refractivity contribution in [2.24, 2.45) is 0 Å². The Morgan fingerprint density at radius 1 is 0.633 bits per heavy atom. The zero-order valence-corrected chi connectivity index (χ0v) is 27.8. The molecule has 5 aromatic rings. The minimum atomic E-state index is -0.991. The van der Waals surface area contributed by atoms with E-state index in [0.717, 1.165) is 81.9 Å². The number of hydrogen-bond acceptors (Lipinski definition) is 5. The van der Waals surface area contributed by atoms with Gasteiger partial charge in [-0.25, -0.2) is 8.78 Å². The summed E-state index contributed by atoms with van der Waals surface area (Å²) >= 11 is 0. The van der Waals surface area contributed by atoms with E-state index in [-0.39, 0.29) is 11.6 Å². The molecule has 5 aromatic carbocycles. The lowest BCUT2D eigenvalue weighted by Gasteiger charge is -2.39. The fourth-order valence-electron chi connectivity index (χ4n) is 8.39. The van der Waals surface area contributed by atoms with E-state index in [9.17, 15) is 4.39 Å². The van der Waals surface area contributed by atoms with Gasteiger partial charge in [0.2, 0.25) is 0 Å². The molecule has 3 heterocycles. The van der Waals surface area contributed by atoms with Crippen molar-refractivity contribution in [2.45, 2.75) is 24.9 Å². The summed E-state index contributed by atoms with van der Waals surface area (Å²) in [6.07, 6.45) is 4.30. The number of anilines is 2. The maximum Gasteiger partial charge on any atom is 0.178 e. The van der Waals surface area contributed by atoms with Crippen molar-refractivity contribution in [2.75, 3.05) is 62.4 Å². The molecule has 9 rings (SSSR count). The number of morpholine rings is 2. The molecule has 2 fully saturated rings. The average Bonchev–Trinajstić information content (AvgIpc) is 3.38. The molecule has 49 heavy (non-hydrogen) atoms. The molecule has 0 radical (unpaired) electrons. The van der Waals surface area contributed by atoms with Crippen LogP contribution in [0.25, 0.3) is 28.0 Å². The van der Waals surface area contributed by atoms with Crippen LogP contribution in [0, 0.1) is 11.6 Å². The molecule has 248 valence electrons. The third kappa shape index (κ3) is 4.77. The summed E-state index contributed by atoms with van der Waals surface area (Å²) in [6, 6.07) is 27.2. The van der Waals surface area contributed by atoms with Gasteiger partial charge in [0.25, 0.3) is 0 Å². The minimum Gasteiger partial charge on any atom is -0.472 e. The first-order valence-corrected chi connectivity index (χ1v) is 17.2. The van der Waals surface area contributed by atoms with Crippen molar-refractivity contribution in [1.82, 2.24) is 0 Å². The lowest BCUT2D eigenvalue weighted by Crippen LogP contribution is -2.37. The van der Waals surface area contributed by atoms with E-state index in [4.69, 9.17) is 14.2 Å². The van der Waals surface area contributed by atoms with Crippen LogP contribution >= 0.6 is 0 Å². The maximum atomic E-state index is 15.2. The van der Waals surface area contributed by atoms with E-state index in [1.54, 1.807) is 12.1 Å². The Bertz CT molecular complexity index is 2050. The zero-order chi connectivity index (χ0) is 33.3. The van der Waals surface area contributed by atoms with Crippen LogP contribution in [0.15, 0.2) is 91.0 Å². The second-order valence-electron chi connectivity index (χ2n) is 14.0. The fraction of sp³-hybridized carbons (Fsp3) is 0.286. The Labute approximate surface area is 285 Å². The van der Waals surface area contributed by atoms with Gasteiger partial charge in [0.1, 0.15) is 17.4 Å². The van der Waals surface area contributed by atoms with E-state index in [1.807, 2.05) is 12.1 Å². The highest BCUT2D eigenvalue weighted by molar-refractivity contribution is 6.08. The monoisotopic (exact) mass is 656 g/mol. The highest BCUT2D eigenvalue weighted by Gasteiger charge is 2.44. The first-order valence-electron chi connectivity index (χ1n) is 17.2. The van der Waals surface area contributed by atoms with Gasteiger partial charge < -0.3 is 24.0 Å². The number of halogens is 2. The summed E-state index contributed by atoms with van der Waals surface area (Å²) < 4.78 is 48.4. The van der Waals surface area contributed by atoms with Gasteiger partial charge >= 0.3 is 0 Å². The van der Waals surface area contributed by atoms with E-state index in [0.29, 0.717) is 37.6 Å². The smallest absolute Gasteiger partial charge is 0.178 e. The Hall–Kier alpha value is -4.72. The highest BCUT2D eigenvalue weighted by Crippen LogP contribution is 2.58. The van der Waals surface area contributed by atoms with Crippen LogP contribution in [0.1, 0.15) is 41.7 Å². The number of benzene rings is 5. The molecule has 2 saturated heterocycles. The van der Waals surface area contributed by atoms with Gasteiger partial charge in [0, 0.05) is 65.0 Å². The van der Waals surface area contributed by atoms with Gasteiger partial charge in [-0.05, 0) is 82.2 Å². The van der Waals surface area contributed by atoms with Crippen molar-refractivity contribution >= 4 is 28.2 Å². The van der Waals surface area contributed by atoms with Crippen LogP contribution in [0.4, 0.5) is 20.2 Å². The fourth-order valence-corrected chi connectivity index (χ4v) is 8.39. The molecule has 0 bridgehead atoms. The van der Waals surface area contributed by atoms with Gasteiger partial charge in [-0.3, -0.25) is 0 Å². The number of nitrogens with zero attached hydrogens (tertiary/aromatic N) is 2. The van der Waals surface area contributed by atoms with Crippen LogP contribution in [0.3, 0.4) is 0 Å². The molecule has 0 spiro atoms. The summed E-state index contributed by atoms with van der Waals surface area (Å²) in [7, 11) is 0. The van der Waals surface area contributed by atoms with Crippen LogP contribution < -0.4 is 14.5 Å². The molecule has 0 unspecified atom stereocenters. The third-order valence-electron chi connectivity index (χ3n) is 10.9. The predicted molar refractivity (Wildman–Crippen MR) is 191 cm³/mol. The van der Waals surface area contributed by atoms with E-state index in [2.05, 4.69) is 84.3 Å². The molecule has 0 amide bonds. The van der Waals surface area contributed by atoms with Gasteiger partial charge in [0.15, 0.2) is 5.60 Å². The molecule has 1 aliphatic carbocycles. The summed E-state index contributed by atoms with van der Waals surface area (Å²) in [4.78, 5) is 4.68. The van der Waals surface area contributed by atoms with Gasteiger partial charge in [-0.1, -0.05) is 56.3 Å². The zero-order valence-electron chi connectivity index (χ0n) is 27.8. The van der Waals surface area contributed by atoms with Crippen molar-refractivity contribution in [1.29, 1.82) is 0 Å². The number of ether oxygens (including phenoxy) is 3. The third-order valence-corrected chi connectivity index (χ3v) is 10.9. The summed E-state index contributed by atoms with van der Waals surface area (Å²) in [5.41, 5.74) is 7.61. The molecule has 0 N–H and O–H groups in total. The molecule has 3 aliphatic heterocycles. The van der Waals surface area contributed by atoms with Gasteiger partial charge in [-0.15, -0.1) is 0 Å². The normalized spacial score (nSPS) is 18.9. The number of rotatable bonds is 4. The van der Waals surface area contributed by atoms with E-state index in [1.165, 1.54) is 12.1 Å². The Morgan fingerprint density at radius 2 is 1.18 bits per heavy atom. The molecule has 4 aliphatic rings.